The van der Waals surface area contributed by atoms with E-state index in [9.17, 15) is 10.1 Å². The first kappa shape index (κ1) is 24.2. The number of ether oxygens (including phenoxy) is 2. The van der Waals surface area contributed by atoms with Crippen LogP contribution in [-0.2, 0) is 17.8 Å². The fourth-order valence-electron chi connectivity index (χ4n) is 3.08. The molecule has 5 nitrogen and oxygen atoms in total. The van der Waals surface area contributed by atoms with E-state index in [-0.39, 0.29) is 17.2 Å². The lowest BCUT2D eigenvalue weighted by atomic mass is 10.1. The molecule has 33 heavy (non-hydrogen) atoms. The maximum atomic E-state index is 12.6. The number of hydrogen-bond acceptors (Lipinski definition) is 4. The number of carbonyl (C=O) groups excluding carboxylic acids is 1. The summed E-state index contributed by atoms with van der Waals surface area (Å²) in [5, 5.41) is 13.2. The highest BCUT2D eigenvalue weighted by Gasteiger charge is 2.15. The molecule has 0 fully saturated rings. The molecule has 0 aliphatic carbocycles. The van der Waals surface area contributed by atoms with Gasteiger partial charge in [-0.3, -0.25) is 4.79 Å². The van der Waals surface area contributed by atoms with E-state index in [2.05, 4.69) is 12.2 Å². The van der Waals surface area contributed by atoms with E-state index < -0.39 is 5.91 Å². The van der Waals surface area contributed by atoms with Gasteiger partial charge < -0.3 is 14.8 Å². The van der Waals surface area contributed by atoms with Crippen LogP contribution in [0.2, 0.25) is 10.0 Å². The van der Waals surface area contributed by atoms with Gasteiger partial charge in [0.2, 0.25) is 0 Å². The first-order chi connectivity index (χ1) is 15.9. The Morgan fingerprint density at radius 3 is 2.48 bits per heavy atom. The van der Waals surface area contributed by atoms with Crippen LogP contribution >= 0.6 is 23.2 Å². The van der Waals surface area contributed by atoms with Gasteiger partial charge in [0.1, 0.15) is 18.2 Å². The van der Waals surface area contributed by atoms with Gasteiger partial charge in [-0.2, -0.15) is 5.26 Å². The highest BCUT2D eigenvalue weighted by atomic mass is 35.5. The molecule has 0 heterocycles. The molecule has 3 aromatic rings. The van der Waals surface area contributed by atoms with Crippen molar-refractivity contribution in [3.63, 3.8) is 0 Å². The second-order valence-corrected chi connectivity index (χ2v) is 7.97. The second-order valence-electron chi connectivity index (χ2n) is 7.13. The van der Waals surface area contributed by atoms with Gasteiger partial charge in [-0.1, -0.05) is 54.4 Å². The molecule has 0 spiro atoms. The van der Waals surface area contributed by atoms with E-state index in [1.165, 1.54) is 13.2 Å². The van der Waals surface area contributed by atoms with E-state index in [1.807, 2.05) is 30.3 Å². The number of anilines is 1. The Labute approximate surface area is 203 Å². The lowest BCUT2D eigenvalue weighted by molar-refractivity contribution is -0.112. The van der Waals surface area contributed by atoms with E-state index >= 15 is 0 Å². The smallest absolute Gasteiger partial charge is 0.266 e. The molecular weight excluding hydrogens is 459 g/mol. The minimum atomic E-state index is -0.516. The summed E-state index contributed by atoms with van der Waals surface area (Å²) in [4.78, 5) is 12.6. The van der Waals surface area contributed by atoms with Gasteiger partial charge in [-0.05, 0) is 65.6 Å². The zero-order chi connectivity index (χ0) is 23.8. The van der Waals surface area contributed by atoms with Crippen molar-refractivity contribution in [2.24, 2.45) is 0 Å². The van der Waals surface area contributed by atoms with Gasteiger partial charge in [0.15, 0.2) is 11.5 Å². The maximum absolute atomic E-state index is 12.6. The SMILES string of the molecule is CCc1ccc(NC(=O)/C(C#N)=C/c2cc(Cl)c(OCc3cccc(Cl)c3)c(OC)c2)cc1. The van der Waals surface area contributed by atoms with Gasteiger partial charge in [0.05, 0.1) is 12.1 Å². The van der Waals surface area contributed by atoms with E-state index in [1.54, 1.807) is 36.4 Å². The summed E-state index contributed by atoms with van der Waals surface area (Å²) in [7, 11) is 1.49. The number of hydrogen-bond donors (Lipinski definition) is 1. The average molecular weight is 481 g/mol. The van der Waals surface area contributed by atoms with Crippen molar-refractivity contribution < 1.29 is 14.3 Å². The van der Waals surface area contributed by atoms with Crippen LogP contribution in [-0.4, -0.2) is 13.0 Å². The van der Waals surface area contributed by atoms with Crippen molar-refractivity contribution in [3.8, 4) is 17.6 Å². The predicted octanol–water partition coefficient (Wildman–Crippen LogP) is 6.69. The van der Waals surface area contributed by atoms with E-state index in [0.29, 0.717) is 27.8 Å². The van der Waals surface area contributed by atoms with Crippen LogP contribution < -0.4 is 14.8 Å². The molecule has 0 saturated heterocycles. The third kappa shape index (κ3) is 6.52. The molecule has 0 unspecified atom stereocenters. The van der Waals surface area contributed by atoms with Gasteiger partial charge in [0, 0.05) is 10.7 Å². The normalized spacial score (nSPS) is 10.9. The lowest BCUT2D eigenvalue weighted by Crippen LogP contribution is -2.13. The predicted molar refractivity (Wildman–Crippen MR) is 132 cm³/mol. The molecule has 0 aromatic heterocycles. The lowest BCUT2D eigenvalue weighted by Gasteiger charge is -2.14. The quantitative estimate of drug-likeness (QED) is 0.288. The number of benzene rings is 3. The van der Waals surface area contributed by atoms with E-state index in [0.717, 1.165) is 17.5 Å². The van der Waals surface area contributed by atoms with Crippen LogP contribution in [0.5, 0.6) is 11.5 Å². The molecule has 3 aromatic carbocycles. The Kier molecular flexibility index (Phi) is 8.37. The molecule has 168 valence electrons. The zero-order valence-electron chi connectivity index (χ0n) is 18.2. The number of methoxy groups -OCH3 is 1. The fourth-order valence-corrected chi connectivity index (χ4v) is 3.57. The van der Waals surface area contributed by atoms with Crippen LogP contribution in [0, 0.1) is 11.3 Å². The summed E-state index contributed by atoms with van der Waals surface area (Å²) in [6.45, 7) is 2.30. The van der Waals surface area contributed by atoms with Gasteiger partial charge in [-0.15, -0.1) is 0 Å². The zero-order valence-corrected chi connectivity index (χ0v) is 19.7. The minimum absolute atomic E-state index is 0.0692. The number of amides is 1. The first-order valence-corrected chi connectivity index (χ1v) is 11.0. The Morgan fingerprint density at radius 2 is 1.85 bits per heavy atom. The molecule has 1 N–H and O–H groups in total. The van der Waals surface area contributed by atoms with Crippen LogP contribution in [0.3, 0.4) is 0 Å². The first-order valence-electron chi connectivity index (χ1n) is 10.2. The summed E-state index contributed by atoms with van der Waals surface area (Å²) < 4.78 is 11.3. The average Bonchev–Trinajstić information content (AvgIpc) is 2.82. The van der Waals surface area contributed by atoms with Crippen LogP contribution in [0.4, 0.5) is 5.69 Å². The van der Waals surface area contributed by atoms with Crippen molar-refractivity contribution >= 4 is 40.9 Å². The Bertz CT molecular complexity index is 1220. The number of nitriles is 1. The number of nitrogens with one attached hydrogen (secondary N) is 1. The van der Waals surface area contributed by atoms with Gasteiger partial charge >= 0.3 is 0 Å². The van der Waals surface area contributed by atoms with Crippen LogP contribution in [0.1, 0.15) is 23.6 Å². The van der Waals surface area contributed by atoms with Gasteiger partial charge in [0.25, 0.3) is 5.91 Å². The molecule has 0 aliphatic heterocycles. The molecule has 0 saturated carbocycles. The molecule has 7 heteroatoms. The number of nitrogens with zero attached hydrogens (tertiary/aromatic N) is 1. The van der Waals surface area contributed by atoms with Crippen molar-refractivity contribution in [1.29, 1.82) is 5.26 Å². The summed E-state index contributed by atoms with van der Waals surface area (Å²) in [6, 6.07) is 20.0. The monoisotopic (exact) mass is 480 g/mol. The van der Waals surface area contributed by atoms with Crippen LogP contribution in [0.25, 0.3) is 6.08 Å². The third-order valence-corrected chi connectivity index (χ3v) is 5.34. The number of rotatable bonds is 8. The van der Waals surface area contributed by atoms with Crippen molar-refractivity contribution in [3.05, 3.63) is 93.0 Å². The standard InChI is InChI=1S/C26H22Cl2N2O3/c1-3-17-7-9-22(10-8-17)30-26(31)20(15-29)11-19-13-23(28)25(24(14-19)32-2)33-16-18-5-4-6-21(27)12-18/h4-14H,3,16H2,1-2H3,(H,30,31)/b20-11+. The molecule has 1 amide bonds. The molecule has 0 radical (unpaired) electrons. The Morgan fingerprint density at radius 1 is 1.09 bits per heavy atom. The summed E-state index contributed by atoms with van der Waals surface area (Å²) in [5.41, 5.74) is 3.10. The number of halogens is 2. The summed E-state index contributed by atoms with van der Waals surface area (Å²) in [6.07, 6.45) is 2.35. The Balaban J connectivity index is 1.79. The summed E-state index contributed by atoms with van der Waals surface area (Å²) >= 11 is 12.4. The summed E-state index contributed by atoms with van der Waals surface area (Å²) in [5.74, 6) is 0.219. The van der Waals surface area contributed by atoms with E-state index in [4.69, 9.17) is 32.7 Å². The highest BCUT2D eigenvalue weighted by molar-refractivity contribution is 6.32. The molecule has 0 bridgehead atoms. The minimum Gasteiger partial charge on any atom is -0.493 e. The highest BCUT2D eigenvalue weighted by Crippen LogP contribution is 2.37. The third-order valence-electron chi connectivity index (χ3n) is 4.82. The fraction of sp³-hybridized carbons (Fsp3) is 0.154. The second kappa shape index (κ2) is 11.4. The molecule has 0 atom stereocenters. The maximum Gasteiger partial charge on any atom is 0.266 e. The van der Waals surface area contributed by atoms with Gasteiger partial charge in [-0.25, -0.2) is 0 Å². The molecular formula is C26H22Cl2N2O3. The molecule has 3 rings (SSSR count). The van der Waals surface area contributed by atoms with Crippen molar-refractivity contribution in [2.45, 2.75) is 20.0 Å². The topological polar surface area (TPSA) is 71.4 Å². The van der Waals surface area contributed by atoms with Crippen molar-refractivity contribution in [1.82, 2.24) is 0 Å². The van der Waals surface area contributed by atoms with Crippen LogP contribution in [0.15, 0.2) is 66.2 Å². The largest absolute Gasteiger partial charge is 0.493 e. The van der Waals surface area contributed by atoms with Crippen molar-refractivity contribution in [2.75, 3.05) is 12.4 Å². The molecule has 0 aliphatic rings. The Hall–Kier alpha value is -3.46. The number of aryl methyl sites for hydroxylation is 1. The number of carbonyl (C=O) groups is 1.